The van der Waals surface area contributed by atoms with Crippen molar-refractivity contribution in [1.82, 2.24) is 0 Å². The van der Waals surface area contributed by atoms with Crippen molar-refractivity contribution >= 4 is 0 Å². The van der Waals surface area contributed by atoms with Crippen LogP contribution in [0.2, 0.25) is 0 Å². The van der Waals surface area contributed by atoms with Gasteiger partial charge in [0.15, 0.2) is 0 Å². The molecule has 3 aliphatic rings. The molecule has 2 saturated heterocycles. The van der Waals surface area contributed by atoms with Crippen LogP contribution in [0.15, 0.2) is 0 Å². The first-order valence-corrected chi connectivity index (χ1v) is 5.03. The highest BCUT2D eigenvalue weighted by atomic mass is 16.6. The smallest absolute Gasteiger partial charge is 0.0844 e. The molecule has 0 radical (unpaired) electrons. The Morgan fingerprint density at radius 1 is 1.00 bits per heavy atom. The van der Waals surface area contributed by atoms with Crippen molar-refractivity contribution in [3.05, 3.63) is 0 Å². The molecule has 0 spiro atoms. The predicted molar refractivity (Wildman–Crippen MR) is 60.6 cm³/mol. The van der Waals surface area contributed by atoms with Crippen molar-refractivity contribution in [3.63, 3.8) is 0 Å². The van der Waals surface area contributed by atoms with Gasteiger partial charge in [0.1, 0.15) is 0 Å². The van der Waals surface area contributed by atoms with Crippen molar-refractivity contribution in [2.75, 3.05) is 6.61 Å². The Labute approximate surface area is 89.0 Å². The van der Waals surface area contributed by atoms with E-state index < -0.39 is 0 Å². The third kappa shape index (κ3) is 4.43. The minimum absolute atomic E-state index is 0. The minimum Gasteiger partial charge on any atom is -0.373 e. The van der Waals surface area contributed by atoms with E-state index in [0.29, 0.717) is 18.3 Å². The molecule has 2 nitrogen and oxygen atoms in total. The molecule has 4 atom stereocenters. The maximum atomic E-state index is 5.35. The molecule has 0 N–H and O–H groups in total. The van der Waals surface area contributed by atoms with Crippen molar-refractivity contribution in [3.8, 4) is 0 Å². The lowest BCUT2D eigenvalue weighted by molar-refractivity contribution is 0.367. The van der Waals surface area contributed by atoms with Crippen LogP contribution >= 0.6 is 0 Å². The SMILES string of the molecule is C.C.CC1CCC2OC2C1.CC1CO1. The monoisotopic (exact) mass is 202 g/mol. The largest absolute Gasteiger partial charge is 0.373 e. The molecule has 2 heterocycles. The maximum absolute atomic E-state index is 5.35. The Bertz CT molecular complexity index is 154. The van der Waals surface area contributed by atoms with E-state index >= 15 is 0 Å². The highest BCUT2D eigenvalue weighted by molar-refractivity contribution is 4.90. The number of rotatable bonds is 0. The molecule has 4 unspecified atom stereocenters. The molecular weight excluding hydrogens is 176 g/mol. The number of hydrogen-bond acceptors (Lipinski definition) is 2. The van der Waals surface area contributed by atoms with Crippen LogP contribution in [0.5, 0.6) is 0 Å². The van der Waals surface area contributed by atoms with Crippen LogP contribution in [0, 0.1) is 5.92 Å². The molecule has 3 rings (SSSR count). The normalized spacial score (nSPS) is 41.6. The Hall–Kier alpha value is -0.0800. The Morgan fingerprint density at radius 3 is 1.93 bits per heavy atom. The first kappa shape index (κ1) is 13.9. The fourth-order valence-corrected chi connectivity index (χ4v) is 1.70. The summed E-state index contributed by atoms with van der Waals surface area (Å²) in [5.74, 6) is 0.929. The molecule has 14 heavy (non-hydrogen) atoms. The van der Waals surface area contributed by atoms with E-state index in [1.165, 1.54) is 19.3 Å². The summed E-state index contributed by atoms with van der Waals surface area (Å²) in [5.41, 5.74) is 0. The molecule has 3 fully saturated rings. The van der Waals surface area contributed by atoms with Crippen LogP contribution in [-0.4, -0.2) is 24.9 Å². The van der Waals surface area contributed by atoms with E-state index in [1.54, 1.807) is 0 Å². The van der Waals surface area contributed by atoms with Crippen molar-refractivity contribution in [2.24, 2.45) is 5.92 Å². The van der Waals surface area contributed by atoms with E-state index in [1.807, 2.05) is 0 Å². The van der Waals surface area contributed by atoms with Crippen molar-refractivity contribution < 1.29 is 9.47 Å². The maximum Gasteiger partial charge on any atom is 0.0844 e. The average molecular weight is 202 g/mol. The van der Waals surface area contributed by atoms with Crippen molar-refractivity contribution in [1.29, 1.82) is 0 Å². The van der Waals surface area contributed by atoms with Crippen LogP contribution in [0.1, 0.15) is 48.0 Å². The lowest BCUT2D eigenvalue weighted by atomic mass is 9.91. The average Bonchev–Trinajstić information content (AvgIpc) is 2.86. The third-order valence-corrected chi connectivity index (χ3v) is 2.77. The van der Waals surface area contributed by atoms with Gasteiger partial charge in [-0.05, 0) is 32.1 Å². The van der Waals surface area contributed by atoms with Gasteiger partial charge in [-0.25, -0.2) is 0 Å². The van der Waals surface area contributed by atoms with Gasteiger partial charge in [-0.1, -0.05) is 21.8 Å². The van der Waals surface area contributed by atoms with Gasteiger partial charge < -0.3 is 9.47 Å². The highest BCUT2D eigenvalue weighted by Gasteiger charge is 2.42. The van der Waals surface area contributed by atoms with Gasteiger partial charge in [0, 0.05) is 0 Å². The Balaban J connectivity index is 0.000000247. The molecule has 1 aliphatic carbocycles. The molecule has 0 amide bonds. The quantitative estimate of drug-likeness (QED) is 0.563. The summed E-state index contributed by atoms with van der Waals surface area (Å²) in [6, 6.07) is 0. The standard InChI is InChI=1S/C7H12O.C3H6O.2CH4/c1-5-2-3-6-7(4-5)8-6;1-3-2-4-3;;/h5-7H,2-4H2,1H3;3H,2H2,1H3;2*1H4. The fourth-order valence-electron chi connectivity index (χ4n) is 1.70. The van der Waals surface area contributed by atoms with E-state index in [9.17, 15) is 0 Å². The topological polar surface area (TPSA) is 25.1 Å². The van der Waals surface area contributed by atoms with Gasteiger partial charge in [-0.2, -0.15) is 0 Å². The first-order chi connectivity index (χ1) is 5.75. The molecule has 0 aromatic rings. The molecule has 2 heteroatoms. The Kier molecular flexibility index (Phi) is 5.68. The molecule has 0 aromatic carbocycles. The lowest BCUT2D eigenvalue weighted by Gasteiger charge is -2.11. The van der Waals surface area contributed by atoms with E-state index in [-0.39, 0.29) is 14.9 Å². The lowest BCUT2D eigenvalue weighted by Crippen LogP contribution is -2.09. The van der Waals surface area contributed by atoms with Crippen LogP contribution in [-0.2, 0) is 9.47 Å². The minimum atomic E-state index is 0. The van der Waals surface area contributed by atoms with Gasteiger partial charge in [-0.3, -0.25) is 0 Å². The summed E-state index contributed by atoms with van der Waals surface area (Å²) >= 11 is 0. The van der Waals surface area contributed by atoms with E-state index in [4.69, 9.17) is 9.47 Å². The van der Waals surface area contributed by atoms with Crippen LogP contribution < -0.4 is 0 Å². The second-order valence-electron chi connectivity index (χ2n) is 4.28. The Morgan fingerprint density at radius 2 is 1.57 bits per heavy atom. The zero-order chi connectivity index (χ0) is 8.55. The summed E-state index contributed by atoms with van der Waals surface area (Å²) in [6.07, 6.45) is 5.99. The van der Waals surface area contributed by atoms with Crippen LogP contribution in [0.3, 0.4) is 0 Å². The number of epoxide rings is 2. The predicted octanol–water partition coefficient (Wildman–Crippen LogP) is 3.25. The number of fused-ring (bicyclic) bond motifs is 1. The second-order valence-corrected chi connectivity index (χ2v) is 4.28. The second kappa shape index (κ2) is 5.72. The summed E-state index contributed by atoms with van der Waals surface area (Å²) < 4.78 is 10.1. The number of ether oxygens (including phenoxy) is 2. The van der Waals surface area contributed by atoms with Crippen LogP contribution in [0.4, 0.5) is 0 Å². The van der Waals surface area contributed by atoms with Crippen molar-refractivity contribution in [2.45, 2.75) is 66.3 Å². The van der Waals surface area contributed by atoms with Crippen LogP contribution in [0.25, 0.3) is 0 Å². The van der Waals surface area contributed by atoms with Gasteiger partial charge in [0.05, 0.1) is 24.9 Å². The van der Waals surface area contributed by atoms with Gasteiger partial charge in [-0.15, -0.1) is 0 Å². The zero-order valence-corrected chi connectivity index (χ0v) is 7.95. The summed E-state index contributed by atoms with van der Waals surface area (Å²) in [4.78, 5) is 0. The molecule has 0 aromatic heterocycles. The summed E-state index contributed by atoms with van der Waals surface area (Å²) in [7, 11) is 0. The fraction of sp³-hybridized carbons (Fsp3) is 1.00. The molecule has 0 bridgehead atoms. The number of hydrogen-bond donors (Lipinski definition) is 0. The van der Waals surface area contributed by atoms with Gasteiger partial charge >= 0.3 is 0 Å². The van der Waals surface area contributed by atoms with E-state index in [2.05, 4.69) is 13.8 Å². The molecule has 86 valence electrons. The molecular formula is C12H26O2. The highest BCUT2D eigenvalue weighted by Crippen LogP contribution is 2.38. The van der Waals surface area contributed by atoms with E-state index in [0.717, 1.165) is 12.5 Å². The molecule has 2 aliphatic heterocycles. The zero-order valence-electron chi connectivity index (χ0n) is 7.95. The molecule has 1 saturated carbocycles. The van der Waals surface area contributed by atoms with Gasteiger partial charge in [0.25, 0.3) is 0 Å². The third-order valence-electron chi connectivity index (χ3n) is 2.77. The first-order valence-electron chi connectivity index (χ1n) is 5.03. The van der Waals surface area contributed by atoms with Gasteiger partial charge in [0.2, 0.25) is 0 Å². The summed E-state index contributed by atoms with van der Waals surface area (Å²) in [6.45, 7) is 5.36. The summed E-state index contributed by atoms with van der Waals surface area (Å²) in [5, 5.41) is 0.